The molecule has 0 bridgehead atoms. The highest BCUT2D eigenvalue weighted by Gasteiger charge is 2.35. The second-order valence-electron chi connectivity index (χ2n) is 14.1. The zero-order valence-electron chi connectivity index (χ0n) is 30.1. The summed E-state index contributed by atoms with van der Waals surface area (Å²) in [5.41, 5.74) is -0.0876. The van der Waals surface area contributed by atoms with Crippen LogP contribution in [0.4, 0.5) is 0 Å². The molecule has 8 rings (SSSR count). The molecule has 57 heavy (non-hydrogen) atoms. The lowest BCUT2D eigenvalue weighted by Gasteiger charge is -2.32. The van der Waals surface area contributed by atoms with Gasteiger partial charge in [0, 0.05) is 10.8 Å². The highest BCUT2D eigenvalue weighted by molar-refractivity contribution is 6.74. The maximum Gasteiger partial charge on any atom is 0.127 e. The number of allylic oxidation sites excluding steroid dienone is 1. The summed E-state index contributed by atoms with van der Waals surface area (Å²) >= 11 is 0. The summed E-state index contributed by atoms with van der Waals surface area (Å²) in [6.07, 6.45) is 0. The standard InChI is InChI=1S/C35HB21O/c36-13-9(22(45)32(55)34-11(13)12-23(46)30(53)31(54)33(56)35(12)57-34)2-6-3(14(37)24(47)16(6)39)1(4-7(2)18(41)27(50)26(49)17(4)40)5-8-10(20(43)25(48)15(5)38)21(44)29(52)28(51)19(8)42/h14H. The molecule has 1 unspecified atom stereocenters. The summed E-state index contributed by atoms with van der Waals surface area (Å²) in [6.45, 7) is 0. The van der Waals surface area contributed by atoms with Crippen molar-refractivity contribution in [1.29, 1.82) is 0 Å². The molecule has 1 aliphatic rings. The Bertz CT molecular complexity index is 3140. The SMILES string of the molecule is [B]C1=C([B])C([B])c2c1c(-c1c([B])c([B])c3oc4c([B])c([B])c([B])c([B])c4c3c1[B])c1c([B])c([B])c([B])c([B])c1c2-c1c([B])c([B])c([B])c2c([B])c([B])c([B])c([B])c12. The fourth-order valence-corrected chi connectivity index (χ4v) is 8.28. The van der Waals surface area contributed by atoms with Gasteiger partial charge < -0.3 is 4.42 Å². The van der Waals surface area contributed by atoms with Gasteiger partial charge in [-0.15, -0.1) is 43.7 Å². The first-order chi connectivity index (χ1) is 26.6. The Kier molecular flexibility index (Phi) is 9.51. The zero-order valence-corrected chi connectivity index (χ0v) is 30.1. The predicted octanol–water partition coefficient (Wildman–Crippen LogP) is -13.3. The molecule has 1 atom stereocenters. The maximum absolute atomic E-state index is 7.13. The van der Waals surface area contributed by atoms with Gasteiger partial charge in [-0.3, -0.25) is 0 Å². The molecule has 7 aromatic rings. The molecule has 0 spiro atoms. The van der Waals surface area contributed by atoms with Crippen LogP contribution in [0.3, 0.4) is 0 Å². The highest BCUT2D eigenvalue weighted by atomic mass is 16.3. The van der Waals surface area contributed by atoms with Crippen molar-refractivity contribution in [3.05, 3.63) is 16.6 Å². The first-order valence-electron chi connectivity index (χ1n) is 16.8. The summed E-state index contributed by atoms with van der Waals surface area (Å²) in [7, 11) is 140. The van der Waals surface area contributed by atoms with Gasteiger partial charge in [0.1, 0.15) is 168 Å². The van der Waals surface area contributed by atoms with E-state index in [9.17, 15) is 0 Å². The summed E-state index contributed by atoms with van der Waals surface area (Å²) in [4.78, 5) is 0. The molecular formula is C35HB21O. The highest BCUT2D eigenvalue weighted by Crippen LogP contribution is 2.50. The first kappa shape index (κ1) is 40.5. The normalized spacial score (nSPS) is 14.1. The van der Waals surface area contributed by atoms with Crippen molar-refractivity contribution < 1.29 is 4.42 Å². The number of rotatable bonds is 2. The van der Waals surface area contributed by atoms with Crippen LogP contribution in [-0.2, 0) is 0 Å². The zero-order chi connectivity index (χ0) is 41.9. The predicted molar refractivity (Wildman–Crippen MR) is 264 cm³/mol. The Balaban J connectivity index is 1.73. The van der Waals surface area contributed by atoms with Crippen LogP contribution < -0.4 is 98.3 Å². The van der Waals surface area contributed by atoms with Crippen molar-refractivity contribution in [3.63, 3.8) is 0 Å². The molecule has 42 radical (unpaired) electrons. The van der Waals surface area contributed by atoms with E-state index in [1.54, 1.807) is 0 Å². The fourth-order valence-electron chi connectivity index (χ4n) is 8.28. The first-order valence-corrected chi connectivity index (χ1v) is 16.8. The molecule has 1 aromatic heterocycles. The second-order valence-corrected chi connectivity index (χ2v) is 14.1. The van der Waals surface area contributed by atoms with Gasteiger partial charge in [-0.25, -0.2) is 0 Å². The van der Waals surface area contributed by atoms with Crippen LogP contribution >= 0.6 is 0 Å². The molecule has 0 saturated heterocycles. The van der Waals surface area contributed by atoms with Crippen LogP contribution in [0.1, 0.15) is 16.9 Å². The van der Waals surface area contributed by atoms with Crippen molar-refractivity contribution in [2.24, 2.45) is 0 Å². The van der Waals surface area contributed by atoms with Gasteiger partial charge in [-0.05, 0) is 60.7 Å². The van der Waals surface area contributed by atoms with Crippen molar-refractivity contribution >= 4 is 312 Å². The molecule has 0 amide bonds. The number of hydrogen-bond acceptors (Lipinski definition) is 1. The van der Waals surface area contributed by atoms with Gasteiger partial charge in [0.25, 0.3) is 0 Å². The number of benzene rings is 6. The van der Waals surface area contributed by atoms with E-state index < -0.39 is 5.82 Å². The molecule has 0 aliphatic heterocycles. The van der Waals surface area contributed by atoms with Crippen LogP contribution in [0.2, 0.25) is 0 Å². The molecule has 0 N–H and O–H groups in total. The molecule has 1 aliphatic carbocycles. The van der Waals surface area contributed by atoms with E-state index in [1.165, 1.54) is 0 Å². The van der Waals surface area contributed by atoms with Crippen LogP contribution in [0.5, 0.6) is 0 Å². The average Bonchev–Trinajstić information content (AvgIpc) is 3.69. The maximum atomic E-state index is 7.13. The number of fused-ring (bicyclic) bond motifs is 6. The third kappa shape index (κ3) is 5.00. The minimum atomic E-state index is -1.17. The average molecular weight is 664 g/mol. The van der Waals surface area contributed by atoms with E-state index in [0.29, 0.717) is 0 Å². The van der Waals surface area contributed by atoms with Gasteiger partial charge in [0.05, 0.1) is 7.85 Å². The molecule has 22 heteroatoms. The van der Waals surface area contributed by atoms with Gasteiger partial charge in [0.15, 0.2) is 0 Å². The van der Waals surface area contributed by atoms with Gasteiger partial charge in [-0.1, -0.05) is 65.6 Å². The van der Waals surface area contributed by atoms with Gasteiger partial charge in [0.2, 0.25) is 0 Å². The van der Waals surface area contributed by atoms with Crippen molar-refractivity contribution in [1.82, 2.24) is 0 Å². The van der Waals surface area contributed by atoms with E-state index in [0.717, 1.165) is 0 Å². The number of hydrogen-bond donors (Lipinski definition) is 0. The lowest BCUT2D eigenvalue weighted by Crippen LogP contribution is -2.52. The van der Waals surface area contributed by atoms with Crippen LogP contribution in [-0.4, -0.2) is 165 Å². The number of furan rings is 1. The Labute approximate surface area is 359 Å². The Morgan fingerprint density at radius 2 is 0.596 bits per heavy atom. The second kappa shape index (κ2) is 13.4. The lowest BCUT2D eigenvalue weighted by molar-refractivity contribution is 0.675. The Morgan fingerprint density at radius 3 is 1.09 bits per heavy atom. The van der Waals surface area contributed by atoms with Crippen LogP contribution in [0.15, 0.2) is 9.89 Å². The molecular weight excluding hydrogens is 663 g/mol. The Hall–Kier alpha value is -3.26. The van der Waals surface area contributed by atoms with E-state index in [-0.39, 0.29) is 186 Å². The van der Waals surface area contributed by atoms with E-state index in [2.05, 4.69) is 0 Å². The lowest BCUT2D eigenvalue weighted by atomic mass is 9.56. The molecule has 0 saturated carbocycles. The van der Waals surface area contributed by atoms with Gasteiger partial charge >= 0.3 is 0 Å². The van der Waals surface area contributed by atoms with Crippen molar-refractivity contribution in [3.8, 4) is 22.3 Å². The summed E-state index contributed by atoms with van der Waals surface area (Å²) in [5, 5.41) is 0.888. The summed E-state index contributed by atoms with van der Waals surface area (Å²) in [5.74, 6) is -1.17. The van der Waals surface area contributed by atoms with E-state index in [4.69, 9.17) is 169 Å². The van der Waals surface area contributed by atoms with E-state index >= 15 is 0 Å². The van der Waals surface area contributed by atoms with Crippen molar-refractivity contribution in [2.45, 2.75) is 5.82 Å². The van der Waals surface area contributed by atoms with Gasteiger partial charge in [-0.2, -0.15) is 0 Å². The molecule has 1 heterocycles. The third-order valence-electron chi connectivity index (χ3n) is 11.3. The minimum absolute atomic E-state index is 0.00854. The quantitative estimate of drug-likeness (QED) is 0.168. The minimum Gasteiger partial charge on any atom is -0.457 e. The molecule has 0 fully saturated rings. The fraction of sp³-hybridized carbons (Fsp3) is 0.0286. The largest absolute Gasteiger partial charge is 0.457 e. The molecule has 6 aromatic carbocycles. The third-order valence-corrected chi connectivity index (χ3v) is 11.3. The molecule has 210 valence electrons. The van der Waals surface area contributed by atoms with Crippen LogP contribution in [0, 0.1) is 0 Å². The monoisotopic (exact) mass is 668 g/mol. The molecule has 1 nitrogen and oxygen atoms in total. The summed E-state index contributed by atoms with van der Waals surface area (Å²) < 4.78 is 6.13. The van der Waals surface area contributed by atoms with E-state index in [1.807, 2.05) is 0 Å². The van der Waals surface area contributed by atoms with Crippen LogP contribution in [0.25, 0.3) is 71.2 Å². The smallest absolute Gasteiger partial charge is 0.127 e. The topological polar surface area (TPSA) is 13.1 Å². The summed E-state index contributed by atoms with van der Waals surface area (Å²) in [6, 6.07) is 0. The Morgan fingerprint density at radius 1 is 0.263 bits per heavy atom. The van der Waals surface area contributed by atoms with Crippen molar-refractivity contribution in [2.75, 3.05) is 0 Å².